The van der Waals surface area contributed by atoms with Crippen molar-refractivity contribution in [3.05, 3.63) is 36.7 Å². The van der Waals surface area contributed by atoms with Crippen LogP contribution in [0.5, 0.6) is 0 Å². The molecule has 0 aliphatic heterocycles. The zero-order chi connectivity index (χ0) is 12.7. The zero-order valence-corrected chi connectivity index (χ0v) is 11.0. The van der Waals surface area contributed by atoms with Gasteiger partial charge in [-0.05, 0) is 32.9 Å². The molecule has 1 aromatic carbocycles. The van der Waals surface area contributed by atoms with Crippen molar-refractivity contribution in [2.75, 3.05) is 0 Å². The van der Waals surface area contributed by atoms with Gasteiger partial charge in [0, 0.05) is 23.2 Å². The first kappa shape index (κ1) is 12.0. The van der Waals surface area contributed by atoms with Crippen LogP contribution in [0.2, 0.25) is 0 Å². The van der Waals surface area contributed by atoms with Crippen molar-refractivity contribution in [2.45, 2.75) is 30.4 Å². The lowest BCUT2D eigenvalue weighted by Gasteiger charge is -2.20. The van der Waals surface area contributed by atoms with Crippen molar-refractivity contribution in [1.82, 2.24) is 4.98 Å². The first-order valence-electron chi connectivity index (χ1n) is 5.41. The molecular formula is C13H15NO2S. The van der Waals surface area contributed by atoms with E-state index in [1.165, 1.54) is 0 Å². The lowest BCUT2D eigenvalue weighted by Crippen LogP contribution is -2.28. The third-order valence-corrected chi connectivity index (χ3v) is 5.28. The van der Waals surface area contributed by atoms with E-state index in [-0.39, 0.29) is 0 Å². The van der Waals surface area contributed by atoms with Crippen LogP contribution in [0, 0.1) is 0 Å². The molecule has 0 saturated heterocycles. The van der Waals surface area contributed by atoms with Gasteiger partial charge in [0.2, 0.25) is 0 Å². The van der Waals surface area contributed by atoms with E-state index < -0.39 is 14.6 Å². The Kier molecular flexibility index (Phi) is 2.70. The minimum atomic E-state index is -3.33. The molecular weight excluding hydrogens is 234 g/mol. The van der Waals surface area contributed by atoms with Crippen molar-refractivity contribution in [3.63, 3.8) is 0 Å². The van der Waals surface area contributed by atoms with Gasteiger partial charge in [-0.3, -0.25) is 4.98 Å². The molecule has 0 fully saturated rings. The first-order valence-corrected chi connectivity index (χ1v) is 6.90. The summed E-state index contributed by atoms with van der Waals surface area (Å²) in [6.45, 7) is 5.13. The average Bonchev–Trinajstić information content (AvgIpc) is 2.26. The van der Waals surface area contributed by atoms with Crippen molar-refractivity contribution in [1.29, 1.82) is 0 Å². The number of hydrogen-bond acceptors (Lipinski definition) is 3. The maximum atomic E-state index is 12.4. The molecule has 0 radical (unpaired) electrons. The highest BCUT2D eigenvalue weighted by atomic mass is 32.2. The summed E-state index contributed by atoms with van der Waals surface area (Å²) >= 11 is 0. The van der Waals surface area contributed by atoms with Gasteiger partial charge in [0.15, 0.2) is 9.84 Å². The van der Waals surface area contributed by atoms with Crippen LogP contribution in [0.15, 0.2) is 41.6 Å². The third kappa shape index (κ3) is 1.93. The van der Waals surface area contributed by atoms with E-state index in [4.69, 9.17) is 0 Å². The number of sulfone groups is 1. The molecule has 2 aromatic rings. The first-order chi connectivity index (χ1) is 7.84. The number of pyridine rings is 1. The fraction of sp³-hybridized carbons (Fsp3) is 0.308. The summed E-state index contributed by atoms with van der Waals surface area (Å²) in [5.74, 6) is 0. The fourth-order valence-corrected chi connectivity index (χ4v) is 3.05. The van der Waals surface area contributed by atoms with Gasteiger partial charge in [0.1, 0.15) is 0 Å². The van der Waals surface area contributed by atoms with Gasteiger partial charge in [0.25, 0.3) is 0 Å². The molecule has 0 N–H and O–H groups in total. The quantitative estimate of drug-likeness (QED) is 0.780. The molecule has 2 rings (SSSR count). The van der Waals surface area contributed by atoms with Gasteiger partial charge in [-0.15, -0.1) is 0 Å². The number of hydrogen-bond donors (Lipinski definition) is 0. The second-order valence-electron chi connectivity index (χ2n) is 4.97. The van der Waals surface area contributed by atoms with Gasteiger partial charge in [-0.1, -0.05) is 12.1 Å². The predicted molar refractivity (Wildman–Crippen MR) is 68.7 cm³/mol. The van der Waals surface area contributed by atoms with Gasteiger partial charge < -0.3 is 0 Å². The number of nitrogens with zero attached hydrogens (tertiary/aromatic N) is 1. The van der Waals surface area contributed by atoms with Gasteiger partial charge in [-0.25, -0.2) is 8.42 Å². The molecule has 0 aliphatic carbocycles. The Morgan fingerprint density at radius 3 is 2.47 bits per heavy atom. The lowest BCUT2D eigenvalue weighted by molar-refractivity contribution is 0.561. The van der Waals surface area contributed by atoms with Gasteiger partial charge >= 0.3 is 0 Å². The lowest BCUT2D eigenvalue weighted by atomic mass is 10.2. The Labute approximate surface area is 101 Å². The molecule has 0 atom stereocenters. The number of benzene rings is 1. The topological polar surface area (TPSA) is 47.0 Å². The van der Waals surface area contributed by atoms with Gasteiger partial charge in [-0.2, -0.15) is 0 Å². The van der Waals surface area contributed by atoms with Crippen molar-refractivity contribution in [3.8, 4) is 0 Å². The summed E-state index contributed by atoms with van der Waals surface area (Å²) in [4.78, 5) is 4.38. The highest BCUT2D eigenvalue weighted by Crippen LogP contribution is 2.30. The number of aromatic nitrogens is 1. The molecule has 17 heavy (non-hydrogen) atoms. The zero-order valence-electron chi connectivity index (χ0n) is 10.1. The summed E-state index contributed by atoms with van der Waals surface area (Å²) in [6.07, 6.45) is 3.29. The van der Waals surface area contributed by atoms with Crippen molar-refractivity contribution in [2.24, 2.45) is 0 Å². The van der Waals surface area contributed by atoms with Crippen LogP contribution in [0.1, 0.15) is 20.8 Å². The van der Waals surface area contributed by atoms with E-state index in [1.54, 1.807) is 51.4 Å². The van der Waals surface area contributed by atoms with Crippen LogP contribution < -0.4 is 0 Å². The fourth-order valence-electron chi connectivity index (χ4n) is 1.66. The van der Waals surface area contributed by atoms with Crippen molar-refractivity contribution >= 4 is 20.6 Å². The van der Waals surface area contributed by atoms with Crippen LogP contribution in [-0.4, -0.2) is 18.1 Å². The Balaban J connectivity index is 2.82. The standard InChI is InChI=1S/C13H15NO2S/c1-13(2,3)17(15,16)12-6-4-5-10-9-14-8-7-11(10)12/h4-9H,1-3H3. The largest absolute Gasteiger partial charge is 0.264 e. The Hall–Kier alpha value is -1.42. The van der Waals surface area contributed by atoms with Gasteiger partial charge in [0.05, 0.1) is 9.64 Å². The Morgan fingerprint density at radius 1 is 1.12 bits per heavy atom. The van der Waals surface area contributed by atoms with Crippen LogP contribution in [0.4, 0.5) is 0 Å². The summed E-state index contributed by atoms with van der Waals surface area (Å²) in [7, 11) is -3.33. The molecule has 4 heteroatoms. The summed E-state index contributed by atoms with van der Waals surface area (Å²) in [5.41, 5.74) is 0. The SMILES string of the molecule is CC(C)(C)S(=O)(=O)c1cccc2cnccc12. The predicted octanol–water partition coefficient (Wildman–Crippen LogP) is 2.81. The van der Waals surface area contributed by atoms with Crippen LogP contribution in [0.25, 0.3) is 10.8 Å². The number of fused-ring (bicyclic) bond motifs is 1. The van der Waals surface area contributed by atoms with E-state index in [9.17, 15) is 8.42 Å². The maximum absolute atomic E-state index is 12.4. The average molecular weight is 249 g/mol. The molecule has 0 unspecified atom stereocenters. The van der Waals surface area contributed by atoms with E-state index in [1.807, 2.05) is 6.07 Å². The molecule has 1 heterocycles. The molecule has 0 saturated carbocycles. The minimum absolute atomic E-state index is 0.380. The van der Waals surface area contributed by atoms with Crippen LogP contribution in [0.3, 0.4) is 0 Å². The van der Waals surface area contributed by atoms with E-state index in [0.717, 1.165) is 10.8 Å². The van der Waals surface area contributed by atoms with E-state index >= 15 is 0 Å². The Bertz CT molecular complexity index is 649. The molecule has 0 bridgehead atoms. The number of rotatable bonds is 1. The molecule has 0 aliphatic rings. The highest BCUT2D eigenvalue weighted by Gasteiger charge is 2.31. The smallest absolute Gasteiger partial charge is 0.183 e. The maximum Gasteiger partial charge on any atom is 0.183 e. The molecule has 1 aromatic heterocycles. The van der Waals surface area contributed by atoms with Crippen LogP contribution >= 0.6 is 0 Å². The minimum Gasteiger partial charge on any atom is -0.264 e. The van der Waals surface area contributed by atoms with Crippen LogP contribution in [-0.2, 0) is 9.84 Å². The summed E-state index contributed by atoms with van der Waals surface area (Å²) < 4.78 is 24.1. The summed E-state index contributed by atoms with van der Waals surface area (Å²) in [6, 6.07) is 7.02. The normalized spacial score (nSPS) is 12.9. The van der Waals surface area contributed by atoms with E-state index in [2.05, 4.69) is 4.98 Å². The monoisotopic (exact) mass is 249 g/mol. The molecule has 0 amide bonds. The molecule has 90 valence electrons. The second kappa shape index (κ2) is 3.81. The molecule has 0 spiro atoms. The third-order valence-electron chi connectivity index (χ3n) is 2.74. The van der Waals surface area contributed by atoms with Crippen molar-refractivity contribution < 1.29 is 8.42 Å². The summed E-state index contributed by atoms with van der Waals surface area (Å²) in [5, 5.41) is 1.58. The highest BCUT2D eigenvalue weighted by molar-refractivity contribution is 7.93. The van der Waals surface area contributed by atoms with E-state index in [0.29, 0.717) is 4.90 Å². The molecule has 3 nitrogen and oxygen atoms in total. The second-order valence-corrected chi connectivity index (χ2v) is 7.64. The Morgan fingerprint density at radius 2 is 1.82 bits per heavy atom.